The van der Waals surface area contributed by atoms with Crippen LogP contribution in [0.1, 0.15) is 19.1 Å². The molecule has 96 valence electrons. The van der Waals surface area contributed by atoms with Crippen molar-refractivity contribution in [1.82, 2.24) is 14.5 Å². The van der Waals surface area contributed by atoms with E-state index in [2.05, 4.69) is 9.97 Å². The highest BCUT2D eigenvalue weighted by molar-refractivity contribution is 7.16. The Morgan fingerprint density at radius 1 is 1.61 bits per heavy atom. The average Bonchev–Trinajstić information content (AvgIpc) is 2.92. The third kappa shape index (κ3) is 1.78. The van der Waals surface area contributed by atoms with Crippen LogP contribution in [0, 0.1) is 0 Å². The van der Waals surface area contributed by atoms with E-state index < -0.39 is 0 Å². The number of thiazole rings is 1. The SMILES string of the molecule is Nc1ncc2sc(=O)n(C3CCC(CO)O3)c2n1. The molecule has 0 radical (unpaired) electrons. The predicted octanol–water partition coefficient (Wildman–Crippen LogP) is 0.105. The van der Waals surface area contributed by atoms with E-state index in [4.69, 9.17) is 15.6 Å². The van der Waals surface area contributed by atoms with E-state index in [1.807, 2.05) is 0 Å². The van der Waals surface area contributed by atoms with Crippen LogP contribution < -0.4 is 10.6 Å². The molecule has 1 saturated heterocycles. The van der Waals surface area contributed by atoms with Crippen LogP contribution in [0.5, 0.6) is 0 Å². The zero-order valence-electron chi connectivity index (χ0n) is 9.44. The van der Waals surface area contributed by atoms with Crippen molar-refractivity contribution < 1.29 is 9.84 Å². The maximum absolute atomic E-state index is 12.0. The van der Waals surface area contributed by atoms with Crippen LogP contribution in [-0.2, 0) is 4.74 Å². The summed E-state index contributed by atoms with van der Waals surface area (Å²) in [5.74, 6) is 0.130. The Bertz CT molecular complexity index is 638. The van der Waals surface area contributed by atoms with E-state index in [1.54, 1.807) is 6.20 Å². The number of anilines is 1. The second-order valence-electron chi connectivity index (χ2n) is 4.13. The van der Waals surface area contributed by atoms with E-state index in [1.165, 1.54) is 4.57 Å². The summed E-state index contributed by atoms with van der Waals surface area (Å²) in [4.78, 5) is 19.8. The van der Waals surface area contributed by atoms with Crippen LogP contribution in [0.3, 0.4) is 0 Å². The molecule has 0 spiro atoms. The van der Waals surface area contributed by atoms with Crippen molar-refractivity contribution in [2.75, 3.05) is 12.3 Å². The largest absolute Gasteiger partial charge is 0.394 e. The van der Waals surface area contributed by atoms with Gasteiger partial charge in [-0.05, 0) is 12.8 Å². The molecule has 18 heavy (non-hydrogen) atoms. The lowest BCUT2D eigenvalue weighted by Gasteiger charge is -2.13. The number of aliphatic hydroxyl groups excluding tert-OH is 1. The molecule has 0 aromatic carbocycles. The summed E-state index contributed by atoms with van der Waals surface area (Å²) in [6.45, 7) is -0.0373. The van der Waals surface area contributed by atoms with Gasteiger partial charge < -0.3 is 15.6 Å². The number of rotatable bonds is 2. The first-order valence-electron chi connectivity index (χ1n) is 5.59. The molecular weight excluding hydrogens is 256 g/mol. The number of hydrogen-bond donors (Lipinski definition) is 2. The van der Waals surface area contributed by atoms with Gasteiger partial charge in [-0.25, -0.2) is 4.98 Å². The number of aliphatic hydroxyl groups is 1. The van der Waals surface area contributed by atoms with Crippen molar-refractivity contribution in [2.24, 2.45) is 0 Å². The fourth-order valence-electron chi connectivity index (χ4n) is 2.11. The van der Waals surface area contributed by atoms with Gasteiger partial charge >= 0.3 is 4.87 Å². The molecule has 3 N–H and O–H groups in total. The quantitative estimate of drug-likeness (QED) is 0.801. The molecule has 2 aromatic rings. The highest BCUT2D eigenvalue weighted by Gasteiger charge is 2.29. The third-order valence-electron chi connectivity index (χ3n) is 2.95. The minimum atomic E-state index is -0.377. The zero-order chi connectivity index (χ0) is 12.7. The van der Waals surface area contributed by atoms with Crippen molar-refractivity contribution in [1.29, 1.82) is 0 Å². The predicted molar refractivity (Wildman–Crippen MR) is 66.3 cm³/mol. The number of nitrogen functional groups attached to an aromatic ring is 1. The molecule has 0 amide bonds. The Morgan fingerprint density at radius 3 is 3.17 bits per heavy atom. The number of fused-ring (bicyclic) bond motifs is 1. The second kappa shape index (κ2) is 4.30. The maximum atomic E-state index is 12.0. The first-order chi connectivity index (χ1) is 8.69. The molecule has 2 unspecified atom stereocenters. The van der Waals surface area contributed by atoms with Crippen molar-refractivity contribution in [3.8, 4) is 0 Å². The van der Waals surface area contributed by atoms with Crippen molar-refractivity contribution in [3.05, 3.63) is 15.9 Å². The summed E-state index contributed by atoms with van der Waals surface area (Å²) >= 11 is 1.07. The number of nitrogens with two attached hydrogens (primary N) is 1. The average molecular weight is 268 g/mol. The van der Waals surface area contributed by atoms with Gasteiger partial charge in [0.2, 0.25) is 5.95 Å². The van der Waals surface area contributed by atoms with Gasteiger partial charge in [-0.3, -0.25) is 9.36 Å². The van der Waals surface area contributed by atoms with Crippen molar-refractivity contribution in [3.63, 3.8) is 0 Å². The molecule has 0 bridgehead atoms. The Hall–Kier alpha value is -1.51. The zero-order valence-corrected chi connectivity index (χ0v) is 10.3. The molecule has 2 atom stereocenters. The molecule has 1 aliphatic heterocycles. The lowest BCUT2D eigenvalue weighted by molar-refractivity contribution is -0.0214. The van der Waals surface area contributed by atoms with Crippen LogP contribution in [-0.4, -0.2) is 32.4 Å². The Balaban J connectivity index is 2.08. The number of aromatic nitrogens is 3. The highest BCUT2D eigenvalue weighted by Crippen LogP contribution is 2.30. The maximum Gasteiger partial charge on any atom is 0.311 e. The molecule has 0 aliphatic carbocycles. The van der Waals surface area contributed by atoms with Crippen molar-refractivity contribution >= 4 is 27.6 Å². The standard InChI is InChI=1S/C10H12N4O3S/c11-9-12-3-6-8(13-9)14(10(16)18-6)7-2-1-5(4-15)17-7/h3,5,7,15H,1-2,4H2,(H2,11,12,13). The van der Waals surface area contributed by atoms with Crippen LogP contribution in [0.15, 0.2) is 11.0 Å². The van der Waals surface area contributed by atoms with E-state index >= 15 is 0 Å². The van der Waals surface area contributed by atoms with Gasteiger partial charge in [0.05, 0.1) is 23.6 Å². The molecule has 1 fully saturated rings. The summed E-state index contributed by atoms with van der Waals surface area (Å²) in [5.41, 5.74) is 6.04. The Kier molecular flexibility index (Phi) is 2.77. The smallest absolute Gasteiger partial charge is 0.311 e. The second-order valence-corrected chi connectivity index (χ2v) is 5.12. The van der Waals surface area contributed by atoms with Gasteiger partial charge in [0, 0.05) is 0 Å². The molecule has 7 nitrogen and oxygen atoms in total. The fourth-order valence-corrected chi connectivity index (χ4v) is 2.95. The Labute approximate surface area is 106 Å². The third-order valence-corrected chi connectivity index (χ3v) is 3.83. The summed E-state index contributed by atoms with van der Waals surface area (Å²) in [6.07, 6.45) is 2.36. The van der Waals surface area contributed by atoms with E-state index in [9.17, 15) is 4.79 Å². The van der Waals surface area contributed by atoms with Crippen molar-refractivity contribution in [2.45, 2.75) is 25.2 Å². The Morgan fingerprint density at radius 2 is 2.44 bits per heavy atom. The van der Waals surface area contributed by atoms with Crippen LogP contribution in [0.25, 0.3) is 10.3 Å². The molecule has 8 heteroatoms. The number of hydrogen-bond acceptors (Lipinski definition) is 7. The molecule has 1 aliphatic rings. The van der Waals surface area contributed by atoms with Gasteiger partial charge in [-0.2, -0.15) is 4.98 Å². The van der Waals surface area contributed by atoms with Gasteiger partial charge in [-0.15, -0.1) is 0 Å². The van der Waals surface area contributed by atoms with Crippen LogP contribution >= 0.6 is 11.3 Å². The monoisotopic (exact) mass is 268 g/mol. The summed E-state index contributed by atoms with van der Waals surface area (Å²) in [7, 11) is 0. The minimum absolute atomic E-state index is 0.0373. The molecule has 2 aromatic heterocycles. The summed E-state index contributed by atoms with van der Waals surface area (Å²) in [5, 5.41) is 9.05. The van der Waals surface area contributed by atoms with Gasteiger partial charge in [0.1, 0.15) is 6.23 Å². The van der Waals surface area contributed by atoms with Gasteiger partial charge in [-0.1, -0.05) is 11.3 Å². The van der Waals surface area contributed by atoms with Gasteiger partial charge in [0.25, 0.3) is 0 Å². The molecular formula is C10H12N4O3S. The summed E-state index contributed by atoms with van der Waals surface area (Å²) < 4.78 is 7.78. The number of nitrogens with zero attached hydrogens (tertiary/aromatic N) is 3. The molecule has 0 saturated carbocycles. The summed E-state index contributed by atoms with van der Waals surface area (Å²) in [6, 6.07) is 0. The molecule has 3 rings (SSSR count). The fraction of sp³-hybridized carbons (Fsp3) is 0.500. The van der Waals surface area contributed by atoms with E-state index in [0.717, 1.165) is 17.8 Å². The highest BCUT2D eigenvalue weighted by atomic mass is 32.1. The lowest BCUT2D eigenvalue weighted by atomic mass is 10.2. The van der Waals surface area contributed by atoms with Crippen LogP contribution in [0.2, 0.25) is 0 Å². The topological polar surface area (TPSA) is 103 Å². The van der Waals surface area contributed by atoms with Crippen LogP contribution in [0.4, 0.5) is 5.95 Å². The van der Waals surface area contributed by atoms with E-state index in [-0.39, 0.29) is 29.8 Å². The first kappa shape index (κ1) is 11.6. The lowest BCUT2D eigenvalue weighted by Crippen LogP contribution is -2.21. The normalized spacial score (nSPS) is 23.8. The first-order valence-corrected chi connectivity index (χ1v) is 6.40. The molecule has 3 heterocycles. The minimum Gasteiger partial charge on any atom is -0.394 e. The van der Waals surface area contributed by atoms with Gasteiger partial charge in [0.15, 0.2) is 5.65 Å². The van der Waals surface area contributed by atoms with E-state index in [0.29, 0.717) is 16.8 Å². The number of ether oxygens (including phenoxy) is 1.